The fraction of sp³-hybridized carbons (Fsp3) is 0.0667. The summed E-state index contributed by atoms with van der Waals surface area (Å²) in [6, 6.07) is 9.92. The van der Waals surface area contributed by atoms with E-state index in [1.54, 1.807) is 43.4 Å². The van der Waals surface area contributed by atoms with Crippen LogP contribution < -0.4 is 11.1 Å². The van der Waals surface area contributed by atoms with Crippen molar-refractivity contribution in [1.29, 1.82) is 0 Å². The molecular weight excluding hydrogens is 372 g/mol. The quantitative estimate of drug-likeness (QED) is 0.734. The summed E-state index contributed by atoms with van der Waals surface area (Å²) < 4.78 is 7.07. The molecule has 0 aliphatic heterocycles. The Morgan fingerprint density at radius 2 is 2.05 bits per heavy atom. The Bertz CT molecular complexity index is 946. The molecular formula is C15H10BrClN2O3. The van der Waals surface area contributed by atoms with Crippen LogP contribution in [0.25, 0.3) is 11.1 Å². The average Bonchev–Trinajstić information content (AvgIpc) is 2.77. The van der Waals surface area contributed by atoms with Crippen molar-refractivity contribution in [2.45, 2.75) is 0 Å². The summed E-state index contributed by atoms with van der Waals surface area (Å²) in [5.41, 5.74) is 2.12. The second kappa shape index (κ2) is 5.62. The molecule has 5 nitrogen and oxygen atoms in total. The molecule has 0 aliphatic rings. The van der Waals surface area contributed by atoms with E-state index < -0.39 is 5.76 Å². The first-order valence-electron chi connectivity index (χ1n) is 6.31. The van der Waals surface area contributed by atoms with Crippen molar-refractivity contribution < 1.29 is 9.21 Å². The molecule has 112 valence electrons. The number of amides is 1. The number of nitrogens with one attached hydrogen (secondary N) is 1. The number of hydrogen-bond acceptors (Lipinski definition) is 3. The summed E-state index contributed by atoms with van der Waals surface area (Å²) >= 11 is 9.19. The van der Waals surface area contributed by atoms with E-state index in [0.717, 1.165) is 0 Å². The maximum absolute atomic E-state index is 12.2. The summed E-state index contributed by atoms with van der Waals surface area (Å²) in [6.45, 7) is 0. The first kappa shape index (κ1) is 14.9. The summed E-state index contributed by atoms with van der Waals surface area (Å²) in [5, 5.41) is 3.31. The lowest BCUT2D eigenvalue weighted by Gasteiger charge is -2.06. The maximum Gasteiger partial charge on any atom is 0.419 e. The molecule has 0 aliphatic carbocycles. The number of anilines is 1. The molecule has 1 amide bonds. The van der Waals surface area contributed by atoms with E-state index in [9.17, 15) is 9.59 Å². The third-order valence-corrected chi connectivity index (χ3v) is 4.45. The molecule has 7 heteroatoms. The third-order valence-electron chi connectivity index (χ3n) is 3.23. The SMILES string of the molecule is Cn1c(=O)oc2ccc(NC(=O)c3ccc(Cl)c(Br)c3)cc21. The molecule has 0 spiro atoms. The molecule has 0 unspecified atom stereocenters. The molecule has 0 atom stereocenters. The molecule has 0 bridgehead atoms. The number of rotatable bonds is 2. The van der Waals surface area contributed by atoms with Gasteiger partial charge in [-0.3, -0.25) is 9.36 Å². The van der Waals surface area contributed by atoms with Gasteiger partial charge < -0.3 is 9.73 Å². The van der Waals surface area contributed by atoms with E-state index in [1.807, 2.05) is 0 Å². The van der Waals surface area contributed by atoms with Crippen LogP contribution in [-0.4, -0.2) is 10.5 Å². The topological polar surface area (TPSA) is 64.2 Å². The van der Waals surface area contributed by atoms with Gasteiger partial charge in [0.2, 0.25) is 0 Å². The fourth-order valence-electron chi connectivity index (χ4n) is 2.05. The Hall–Kier alpha value is -2.05. The molecule has 1 N–H and O–H groups in total. The summed E-state index contributed by atoms with van der Waals surface area (Å²) in [7, 11) is 1.61. The number of carbonyl (C=O) groups is 1. The molecule has 3 rings (SSSR count). The molecule has 0 fully saturated rings. The summed E-state index contributed by atoms with van der Waals surface area (Å²) in [6.07, 6.45) is 0. The number of nitrogens with zero attached hydrogens (tertiary/aromatic N) is 1. The molecule has 22 heavy (non-hydrogen) atoms. The van der Waals surface area contributed by atoms with Gasteiger partial charge in [-0.15, -0.1) is 0 Å². The first-order valence-corrected chi connectivity index (χ1v) is 7.49. The van der Waals surface area contributed by atoms with Crippen LogP contribution in [0.5, 0.6) is 0 Å². The van der Waals surface area contributed by atoms with Gasteiger partial charge in [-0.05, 0) is 52.3 Å². The van der Waals surface area contributed by atoms with Crippen LogP contribution in [-0.2, 0) is 7.05 Å². The van der Waals surface area contributed by atoms with Gasteiger partial charge in [-0.25, -0.2) is 4.79 Å². The first-order chi connectivity index (χ1) is 10.5. The summed E-state index contributed by atoms with van der Waals surface area (Å²) in [4.78, 5) is 23.7. The van der Waals surface area contributed by atoms with Gasteiger partial charge in [-0.2, -0.15) is 0 Å². The summed E-state index contributed by atoms with van der Waals surface area (Å²) in [5.74, 6) is -0.717. The van der Waals surface area contributed by atoms with E-state index in [0.29, 0.717) is 31.8 Å². The number of halogens is 2. The van der Waals surface area contributed by atoms with Crippen molar-refractivity contribution >= 4 is 50.2 Å². The highest BCUT2D eigenvalue weighted by molar-refractivity contribution is 9.10. The Balaban J connectivity index is 1.91. The highest BCUT2D eigenvalue weighted by atomic mass is 79.9. The van der Waals surface area contributed by atoms with Crippen LogP contribution in [0.1, 0.15) is 10.4 Å². The highest BCUT2D eigenvalue weighted by Crippen LogP contribution is 2.24. The monoisotopic (exact) mass is 380 g/mol. The lowest BCUT2D eigenvalue weighted by atomic mass is 10.2. The van der Waals surface area contributed by atoms with Gasteiger partial charge in [0, 0.05) is 22.8 Å². The number of aryl methyl sites for hydroxylation is 1. The fourth-order valence-corrected chi connectivity index (χ4v) is 2.54. The predicted molar refractivity (Wildman–Crippen MR) is 88.6 cm³/mol. The van der Waals surface area contributed by atoms with Gasteiger partial charge in [0.05, 0.1) is 10.5 Å². The molecule has 1 heterocycles. The largest absolute Gasteiger partial charge is 0.419 e. The molecule has 2 aromatic carbocycles. The number of fused-ring (bicyclic) bond motifs is 1. The zero-order chi connectivity index (χ0) is 15.9. The van der Waals surface area contributed by atoms with E-state index >= 15 is 0 Å². The standard InChI is InChI=1S/C15H10BrClN2O3/c1-19-12-7-9(3-5-13(12)22-15(19)21)18-14(20)8-2-4-11(17)10(16)6-8/h2-7H,1H3,(H,18,20). The van der Waals surface area contributed by atoms with Crippen LogP contribution in [0.2, 0.25) is 5.02 Å². The van der Waals surface area contributed by atoms with Crippen LogP contribution in [0.15, 0.2) is 50.1 Å². The van der Waals surface area contributed by atoms with Gasteiger partial charge in [0.25, 0.3) is 5.91 Å². The Labute approximate surface area is 138 Å². The molecule has 1 aromatic heterocycles. The van der Waals surface area contributed by atoms with Crippen molar-refractivity contribution in [2.24, 2.45) is 7.05 Å². The van der Waals surface area contributed by atoms with Crippen molar-refractivity contribution in [3.8, 4) is 0 Å². The molecule has 0 saturated heterocycles. The van der Waals surface area contributed by atoms with Gasteiger partial charge in [-0.1, -0.05) is 11.6 Å². The van der Waals surface area contributed by atoms with Gasteiger partial charge in [0.1, 0.15) is 0 Å². The number of aromatic nitrogens is 1. The predicted octanol–water partition coefficient (Wildman–Crippen LogP) is 3.80. The van der Waals surface area contributed by atoms with Crippen molar-refractivity contribution in [2.75, 3.05) is 5.32 Å². The lowest BCUT2D eigenvalue weighted by Crippen LogP contribution is -2.12. The normalized spacial score (nSPS) is 10.9. The van der Waals surface area contributed by atoms with Crippen LogP contribution in [0.3, 0.4) is 0 Å². The van der Waals surface area contributed by atoms with E-state index in [2.05, 4.69) is 21.2 Å². The minimum atomic E-state index is -0.444. The van der Waals surface area contributed by atoms with Crippen LogP contribution in [0, 0.1) is 0 Å². The zero-order valence-corrected chi connectivity index (χ0v) is 13.7. The number of benzene rings is 2. The number of carbonyl (C=O) groups excluding carboxylic acids is 1. The molecule has 0 saturated carbocycles. The van der Waals surface area contributed by atoms with Crippen LogP contribution >= 0.6 is 27.5 Å². The van der Waals surface area contributed by atoms with Crippen LogP contribution in [0.4, 0.5) is 5.69 Å². The van der Waals surface area contributed by atoms with Crippen molar-refractivity contribution in [1.82, 2.24) is 4.57 Å². The van der Waals surface area contributed by atoms with E-state index in [4.69, 9.17) is 16.0 Å². The minimum absolute atomic E-state index is 0.273. The second-order valence-corrected chi connectivity index (χ2v) is 5.95. The Kier molecular flexibility index (Phi) is 3.80. The zero-order valence-electron chi connectivity index (χ0n) is 11.4. The van der Waals surface area contributed by atoms with E-state index in [-0.39, 0.29) is 5.91 Å². The highest BCUT2D eigenvalue weighted by Gasteiger charge is 2.11. The lowest BCUT2D eigenvalue weighted by molar-refractivity contribution is 0.102. The average molecular weight is 382 g/mol. The van der Waals surface area contributed by atoms with E-state index in [1.165, 1.54) is 4.57 Å². The Morgan fingerprint density at radius 3 is 2.77 bits per heavy atom. The van der Waals surface area contributed by atoms with Crippen molar-refractivity contribution in [3.05, 3.63) is 62.0 Å². The number of hydrogen-bond donors (Lipinski definition) is 1. The Morgan fingerprint density at radius 1 is 1.27 bits per heavy atom. The number of oxazole rings is 1. The maximum atomic E-state index is 12.2. The molecule has 0 radical (unpaired) electrons. The molecule has 3 aromatic rings. The third kappa shape index (κ3) is 2.67. The van der Waals surface area contributed by atoms with Gasteiger partial charge in [0.15, 0.2) is 5.58 Å². The van der Waals surface area contributed by atoms with Crippen molar-refractivity contribution in [3.63, 3.8) is 0 Å². The minimum Gasteiger partial charge on any atom is -0.408 e. The smallest absolute Gasteiger partial charge is 0.408 e. The second-order valence-electron chi connectivity index (χ2n) is 4.69. The van der Waals surface area contributed by atoms with Gasteiger partial charge >= 0.3 is 5.76 Å².